The molecule has 2 aromatic carbocycles. The summed E-state index contributed by atoms with van der Waals surface area (Å²) < 4.78 is 6.69. The molecule has 0 saturated carbocycles. The molecule has 9 nitrogen and oxygen atoms in total. The molecule has 1 N–H and O–H groups in total. The summed E-state index contributed by atoms with van der Waals surface area (Å²) in [4.78, 5) is 35.0. The van der Waals surface area contributed by atoms with Crippen molar-refractivity contribution >= 4 is 11.6 Å². The number of nitrogens with zero attached hydrogens (tertiary/aromatic N) is 3. The molecule has 0 radical (unpaired) electrons. The van der Waals surface area contributed by atoms with Gasteiger partial charge in [-0.3, -0.25) is 19.7 Å². The number of ether oxygens (including phenoxy) is 1. The smallest absolute Gasteiger partial charge is 0.273 e. The lowest BCUT2D eigenvalue weighted by Gasteiger charge is -2.09. The number of aryl methyl sites for hydroxylation is 1. The number of nitro groups is 1. The van der Waals surface area contributed by atoms with Gasteiger partial charge in [0.05, 0.1) is 23.8 Å². The van der Waals surface area contributed by atoms with E-state index in [9.17, 15) is 19.7 Å². The molecule has 3 aromatic rings. The number of hydrogen-bond acceptors (Lipinski definition) is 6. The summed E-state index contributed by atoms with van der Waals surface area (Å²) in [6.45, 7) is 4.38. The van der Waals surface area contributed by atoms with Crippen molar-refractivity contribution in [2.24, 2.45) is 0 Å². The van der Waals surface area contributed by atoms with E-state index in [1.54, 1.807) is 13.0 Å². The van der Waals surface area contributed by atoms with Crippen molar-refractivity contribution in [2.75, 3.05) is 13.2 Å². The second-order valence-electron chi connectivity index (χ2n) is 6.75. The Morgan fingerprint density at radius 2 is 1.90 bits per heavy atom. The highest BCUT2D eigenvalue weighted by atomic mass is 16.6. The van der Waals surface area contributed by atoms with E-state index in [2.05, 4.69) is 10.4 Å². The zero-order valence-electron chi connectivity index (χ0n) is 17.2. The Kier molecular flexibility index (Phi) is 6.76. The molecule has 31 heavy (non-hydrogen) atoms. The third-order valence-corrected chi connectivity index (χ3v) is 4.60. The summed E-state index contributed by atoms with van der Waals surface area (Å²) in [5.41, 5.74) is 1.68. The van der Waals surface area contributed by atoms with Crippen molar-refractivity contribution in [3.05, 3.63) is 86.2 Å². The predicted octanol–water partition coefficient (Wildman–Crippen LogP) is 2.96. The highest BCUT2D eigenvalue weighted by Gasteiger charge is 2.15. The van der Waals surface area contributed by atoms with Gasteiger partial charge < -0.3 is 10.1 Å². The first-order chi connectivity index (χ1) is 14.9. The van der Waals surface area contributed by atoms with Gasteiger partial charge in [0.15, 0.2) is 0 Å². The van der Waals surface area contributed by atoms with Crippen molar-refractivity contribution in [1.82, 2.24) is 15.1 Å². The summed E-state index contributed by atoms with van der Waals surface area (Å²) in [6, 6.07) is 14.7. The van der Waals surface area contributed by atoms with E-state index in [1.165, 1.54) is 28.9 Å². The number of nitrogens with one attached hydrogen (secondary N) is 1. The maximum atomic E-state index is 12.3. The molecule has 0 aliphatic rings. The van der Waals surface area contributed by atoms with Crippen LogP contribution in [0.2, 0.25) is 0 Å². The SMILES string of the molecule is CCOc1ccc(-c2ccc(=O)n(CCNC(=O)c3ccc(C)c([N+](=O)[O-])c3)n2)cc1. The maximum Gasteiger partial charge on any atom is 0.273 e. The Bertz CT molecular complexity index is 1160. The Morgan fingerprint density at radius 1 is 1.16 bits per heavy atom. The second-order valence-corrected chi connectivity index (χ2v) is 6.75. The first kappa shape index (κ1) is 21.7. The van der Waals surface area contributed by atoms with Gasteiger partial charge in [-0.15, -0.1) is 0 Å². The van der Waals surface area contributed by atoms with Gasteiger partial charge in [0.25, 0.3) is 17.2 Å². The predicted molar refractivity (Wildman–Crippen MR) is 115 cm³/mol. The van der Waals surface area contributed by atoms with Gasteiger partial charge in [0.2, 0.25) is 0 Å². The minimum Gasteiger partial charge on any atom is -0.494 e. The molecule has 160 valence electrons. The van der Waals surface area contributed by atoms with Crippen LogP contribution in [0.4, 0.5) is 5.69 Å². The molecule has 9 heteroatoms. The highest BCUT2D eigenvalue weighted by molar-refractivity contribution is 5.94. The summed E-state index contributed by atoms with van der Waals surface area (Å²) in [6.07, 6.45) is 0. The second kappa shape index (κ2) is 9.66. The van der Waals surface area contributed by atoms with Crippen LogP contribution in [-0.2, 0) is 6.54 Å². The normalized spacial score (nSPS) is 10.5. The first-order valence-corrected chi connectivity index (χ1v) is 9.73. The fourth-order valence-electron chi connectivity index (χ4n) is 2.98. The average molecular weight is 422 g/mol. The number of hydrogen-bond donors (Lipinski definition) is 1. The lowest BCUT2D eigenvalue weighted by molar-refractivity contribution is -0.385. The minimum atomic E-state index is -0.526. The Hall–Kier alpha value is -4.01. The fraction of sp³-hybridized carbons (Fsp3) is 0.227. The van der Waals surface area contributed by atoms with Crippen LogP contribution in [-0.4, -0.2) is 33.8 Å². The summed E-state index contributed by atoms with van der Waals surface area (Å²) >= 11 is 0. The third kappa shape index (κ3) is 5.33. The summed E-state index contributed by atoms with van der Waals surface area (Å²) in [5, 5.41) is 18.1. The van der Waals surface area contributed by atoms with Crippen LogP contribution in [0.3, 0.4) is 0 Å². The molecule has 1 amide bonds. The Morgan fingerprint density at radius 3 is 2.58 bits per heavy atom. The molecule has 3 rings (SSSR count). The van der Waals surface area contributed by atoms with Crippen LogP contribution >= 0.6 is 0 Å². The van der Waals surface area contributed by atoms with Crippen molar-refractivity contribution in [3.63, 3.8) is 0 Å². The van der Waals surface area contributed by atoms with E-state index in [0.717, 1.165) is 11.3 Å². The van der Waals surface area contributed by atoms with Gasteiger partial charge in [-0.1, -0.05) is 6.07 Å². The van der Waals surface area contributed by atoms with Crippen LogP contribution in [0.15, 0.2) is 59.4 Å². The van der Waals surface area contributed by atoms with Gasteiger partial charge in [-0.05, 0) is 50.2 Å². The molecule has 0 fully saturated rings. The third-order valence-electron chi connectivity index (χ3n) is 4.60. The van der Waals surface area contributed by atoms with Crippen molar-refractivity contribution in [3.8, 4) is 17.0 Å². The number of carbonyl (C=O) groups excluding carboxylic acids is 1. The van der Waals surface area contributed by atoms with E-state index < -0.39 is 10.8 Å². The molecule has 0 unspecified atom stereocenters. The molecule has 1 aromatic heterocycles. The number of aromatic nitrogens is 2. The molecule has 0 spiro atoms. The minimum absolute atomic E-state index is 0.117. The first-order valence-electron chi connectivity index (χ1n) is 9.73. The lowest BCUT2D eigenvalue weighted by atomic mass is 10.1. The summed E-state index contributed by atoms with van der Waals surface area (Å²) in [5.74, 6) is 0.289. The van der Waals surface area contributed by atoms with Gasteiger partial charge in [-0.2, -0.15) is 5.10 Å². The van der Waals surface area contributed by atoms with Crippen LogP contribution in [0.5, 0.6) is 5.75 Å². The van der Waals surface area contributed by atoms with E-state index >= 15 is 0 Å². The number of rotatable bonds is 8. The average Bonchev–Trinajstić information content (AvgIpc) is 2.76. The zero-order valence-corrected chi connectivity index (χ0v) is 17.2. The fourth-order valence-corrected chi connectivity index (χ4v) is 2.98. The van der Waals surface area contributed by atoms with Crippen LogP contribution in [0.1, 0.15) is 22.8 Å². The Labute approximate surface area is 178 Å². The largest absolute Gasteiger partial charge is 0.494 e. The van der Waals surface area contributed by atoms with Gasteiger partial charge in [-0.25, -0.2) is 4.68 Å². The number of nitro benzene ring substituents is 1. The number of carbonyl (C=O) groups is 1. The number of amides is 1. The molecule has 0 bridgehead atoms. The standard InChI is InChI=1S/C22H22N4O5/c1-3-31-18-8-6-16(7-9-18)19-10-11-21(27)25(24-19)13-12-23-22(28)17-5-4-15(2)20(14-17)26(29)30/h4-11,14H,3,12-13H2,1-2H3,(H,23,28). The monoisotopic (exact) mass is 422 g/mol. The van der Waals surface area contributed by atoms with Crippen LogP contribution in [0, 0.1) is 17.0 Å². The highest BCUT2D eigenvalue weighted by Crippen LogP contribution is 2.20. The van der Waals surface area contributed by atoms with Crippen molar-refractivity contribution in [1.29, 1.82) is 0 Å². The lowest BCUT2D eigenvalue weighted by Crippen LogP contribution is -2.32. The van der Waals surface area contributed by atoms with E-state index in [0.29, 0.717) is 17.9 Å². The van der Waals surface area contributed by atoms with Crippen LogP contribution in [0.25, 0.3) is 11.3 Å². The maximum absolute atomic E-state index is 12.3. The molecular weight excluding hydrogens is 400 g/mol. The molecule has 0 saturated heterocycles. The van der Waals surface area contributed by atoms with E-state index in [4.69, 9.17) is 4.74 Å². The van der Waals surface area contributed by atoms with E-state index in [1.807, 2.05) is 31.2 Å². The molecule has 0 aliphatic heterocycles. The number of benzene rings is 2. The summed E-state index contributed by atoms with van der Waals surface area (Å²) in [7, 11) is 0. The zero-order chi connectivity index (χ0) is 22.4. The molecular formula is C22H22N4O5. The molecule has 1 heterocycles. The van der Waals surface area contributed by atoms with E-state index in [-0.39, 0.29) is 29.9 Å². The Balaban J connectivity index is 1.67. The quantitative estimate of drug-likeness (QED) is 0.441. The van der Waals surface area contributed by atoms with Gasteiger partial charge in [0.1, 0.15) is 5.75 Å². The molecule has 0 aliphatic carbocycles. The van der Waals surface area contributed by atoms with Crippen molar-refractivity contribution < 1.29 is 14.5 Å². The molecule has 0 atom stereocenters. The van der Waals surface area contributed by atoms with Crippen LogP contribution < -0.4 is 15.6 Å². The van der Waals surface area contributed by atoms with Crippen molar-refractivity contribution in [2.45, 2.75) is 20.4 Å². The topological polar surface area (TPSA) is 116 Å². The van der Waals surface area contributed by atoms with Gasteiger partial charge in [0, 0.05) is 35.4 Å². The van der Waals surface area contributed by atoms with Gasteiger partial charge >= 0.3 is 0 Å².